The average molecular weight is 373 g/mol. The summed E-state index contributed by atoms with van der Waals surface area (Å²) in [6.07, 6.45) is 14.5. The standard InChI is InChI=1S/C19H32O2S.C2H6.H2O/c1-3-4-5-6-7-8-9-10-11-12-13-18-14-16-19(17-15-18)22(2,20)21;1-2;/h14-17H,2-13H2,1H3,(H,20,21);1-2H3;1H2. The third kappa shape index (κ3) is 14.1. The van der Waals surface area contributed by atoms with Crippen molar-refractivity contribution in [1.29, 1.82) is 0 Å². The van der Waals surface area contributed by atoms with Crippen LogP contribution >= 0.6 is 0 Å². The first-order chi connectivity index (χ1) is 11.5. The molecule has 0 aliphatic heterocycles. The van der Waals surface area contributed by atoms with Crippen molar-refractivity contribution < 1.29 is 14.2 Å². The molecule has 1 rings (SSSR count). The van der Waals surface area contributed by atoms with Crippen LogP contribution in [0.3, 0.4) is 0 Å². The maximum absolute atomic E-state index is 11.4. The molecule has 1 atom stereocenters. The Morgan fingerprint density at radius 2 is 1.24 bits per heavy atom. The van der Waals surface area contributed by atoms with E-state index in [1.54, 1.807) is 12.1 Å². The lowest BCUT2D eigenvalue weighted by Crippen LogP contribution is -1.97. The fourth-order valence-electron chi connectivity index (χ4n) is 2.69. The van der Waals surface area contributed by atoms with E-state index in [1.807, 2.05) is 26.0 Å². The minimum atomic E-state index is -3.06. The lowest BCUT2D eigenvalue weighted by Gasteiger charge is -2.05. The van der Waals surface area contributed by atoms with E-state index in [1.165, 1.54) is 69.8 Å². The van der Waals surface area contributed by atoms with E-state index in [0.717, 1.165) is 6.42 Å². The highest BCUT2D eigenvalue weighted by Crippen LogP contribution is 2.14. The molecule has 0 aliphatic rings. The molecule has 3 N–H and O–H groups in total. The van der Waals surface area contributed by atoms with Crippen LogP contribution in [0.5, 0.6) is 0 Å². The van der Waals surface area contributed by atoms with Crippen molar-refractivity contribution in [3.05, 3.63) is 29.8 Å². The van der Waals surface area contributed by atoms with E-state index >= 15 is 0 Å². The molecule has 1 aromatic rings. The molecule has 1 aromatic carbocycles. The second-order valence-corrected chi connectivity index (χ2v) is 7.97. The molecule has 0 spiro atoms. The Morgan fingerprint density at radius 3 is 1.64 bits per heavy atom. The van der Waals surface area contributed by atoms with Crippen LogP contribution in [-0.4, -0.2) is 20.1 Å². The highest BCUT2D eigenvalue weighted by atomic mass is 32.2. The Bertz CT molecular complexity index is 492. The van der Waals surface area contributed by atoms with Gasteiger partial charge in [-0.3, -0.25) is 0 Å². The van der Waals surface area contributed by atoms with Crippen molar-refractivity contribution in [2.45, 2.75) is 96.3 Å². The van der Waals surface area contributed by atoms with Gasteiger partial charge in [0.1, 0.15) is 9.80 Å². The summed E-state index contributed by atoms with van der Waals surface area (Å²) in [6, 6.07) is 7.34. The summed E-state index contributed by atoms with van der Waals surface area (Å²) >= 11 is 0. The summed E-state index contributed by atoms with van der Waals surface area (Å²) in [4.78, 5) is 0.416. The predicted molar refractivity (Wildman–Crippen MR) is 113 cm³/mol. The molecule has 0 saturated carbocycles. The molecule has 0 bridgehead atoms. The van der Waals surface area contributed by atoms with Crippen LogP contribution in [0.4, 0.5) is 0 Å². The molecular weight excluding hydrogens is 332 g/mol. The molecule has 0 aliphatic carbocycles. The predicted octanol–water partition coefficient (Wildman–Crippen LogP) is 5.90. The minimum Gasteiger partial charge on any atom is -0.412 e. The molecule has 0 radical (unpaired) electrons. The number of hydrogen-bond acceptors (Lipinski definition) is 1. The van der Waals surface area contributed by atoms with Crippen LogP contribution in [0.1, 0.15) is 90.5 Å². The zero-order valence-electron chi connectivity index (χ0n) is 16.6. The van der Waals surface area contributed by atoms with Gasteiger partial charge >= 0.3 is 0 Å². The Morgan fingerprint density at radius 1 is 0.840 bits per heavy atom. The SMILES string of the molecule is C=S(=O)(O)c1ccc(CCCCCCCCCCCC)cc1.CC.O. The summed E-state index contributed by atoms with van der Waals surface area (Å²) in [5, 5.41) is 0. The van der Waals surface area contributed by atoms with Gasteiger partial charge in [0, 0.05) is 0 Å². The van der Waals surface area contributed by atoms with Crippen LogP contribution in [-0.2, 0) is 16.2 Å². The van der Waals surface area contributed by atoms with Crippen molar-refractivity contribution in [3.8, 4) is 0 Å². The van der Waals surface area contributed by atoms with E-state index in [9.17, 15) is 8.76 Å². The Balaban J connectivity index is 0. The van der Waals surface area contributed by atoms with Crippen LogP contribution in [0.15, 0.2) is 29.2 Å². The quantitative estimate of drug-likeness (QED) is 0.366. The van der Waals surface area contributed by atoms with Gasteiger partial charge in [0.05, 0.1) is 4.90 Å². The van der Waals surface area contributed by atoms with Crippen LogP contribution < -0.4 is 0 Å². The van der Waals surface area contributed by atoms with E-state index < -0.39 is 9.80 Å². The third-order valence-electron chi connectivity index (χ3n) is 4.11. The number of aryl methyl sites for hydroxylation is 1. The number of rotatable bonds is 12. The zero-order chi connectivity index (χ0) is 18.3. The summed E-state index contributed by atoms with van der Waals surface area (Å²) in [5.41, 5.74) is 1.24. The van der Waals surface area contributed by atoms with Gasteiger partial charge in [-0.2, -0.15) is 0 Å². The lowest BCUT2D eigenvalue weighted by molar-refractivity contribution is 0.556. The number of unbranched alkanes of at least 4 members (excludes halogenated alkanes) is 9. The normalized spacial score (nSPS) is 12.5. The largest absolute Gasteiger partial charge is 0.412 e. The summed E-state index contributed by atoms with van der Waals surface area (Å²) in [7, 11) is -3.06. The molecule has 0 aromatic heterocycles. The molecule has 0 fully saturated rings. The first-order valence-electron chi connectivity index (χ1n) is 9.72. The van der Waals surface area contributed by atoms with Gasteiger partial charge in [-0.05, 0) is 36.4 Å². The fraction of sp³-hybridized carbons (Fsp3) is 0.667. The van der Waals surface area contributed by atoms with Gasteiger partial charge < -0.3 is 10.0 Å². The molecule has 0 heterocycles. The molecule has 3 nitrogen and oxygen atoms in total. The molecule has 1 unspecified atom stereocenters. The van der Waals surface area contributed by atoms with Crippen molar-refractivity contribution in [1.82, 2.24) is 0 Å². The molecule has 0 amide bonds. The smallest absolute Gasteiger partial charge is 0.104 e. The van der Waals surface area contributed by atoms with Crippen LogP contribution in [0.2, 0.25) is 0 Å². The van der Waals surface area contributed by atoms with Gasteiger partial charge in [-0.25, -0.2) is 4.21 Å². The highest BCUT2D eigenvalue weighted by molar-refractivity contribution is 7.95. The topological polar surface area (TPSA) is 68.8 Å². The third-order valence-corrected chi connectivity index (χ3v) is 5.12. The minimum absolute atomic E-state index is 0. The Labute approximate surface area is 156 Å². The van der Waals surface area contributed by atoms with Gasteiger partial charge in [-0.15, -0.1) is 0 Å². The maximum Gasteiger partial charge on any atom is 0.104 e. The number of benzene rings is 1. The van der Waals surface area contributed by atoms with Crippen LogP contribution in [0, 0.1) is 0 Å². The van der Waals surface area contributed by atoms with Crippen molar-refractivity contribution in [2.24, 2.45) is 0 Å². The molecule has 4 heteroatoms. The lowest BCUT2D eigenvalue weighted by atomic mass is 10.0. The first kappa shape index (κ1) is 26.4. The van der Waals surface area contributed by atoms with Gasteiger partial charge in [0.15, 0.2) is 0 Å². The second-order valence-electron chi connectivity index (χ2n) is 6.22. The van der Waals surface area contributed by atoms with Gasteiger partial charge in [0.25, 0.3) is 0 Å². The fourth-order valence-corrected chi connectivity index (χ4v) is 3.25. The second kappa shape index (κ2) is 16.6. The monoisotopic (exact) mass is 372 g/mol. The van der Waals surface area contributed by atoms with E-state index in [-0.39, 0.29) is 5.48 Å². The Hall–Kier alpha value is -0.840. The van der Waals surface area contributed by atoms with Crippen molar-refractivity contribution >= 4 is 15.7 Å². The highest BCUT2D eigenvalue weighted by Gasteiger charge is 2.02. The van der Waals surface area contributed by atoms with Crippen LogP contribution in [0.25, 0.3) is 0 Å². The van der Waals surface area contributed by atoms with E-state index in [0.29, 0.717) is 4.90 Å². The van der Waals surface area contributed by atoms with E-state index in [4.69, 9.17) is 0 Å². The molecule has 148 valence electrons. The summed E-state index contributed by atoms with van der Waals surface area (Å²) in [6.45, 7) is 6.26. The van der Waals surface area contributed by atoms with Gasteiger partial charge in [-0.1, -0.05) is 90.7 Å². The Kier molecular flexibility index (Phi) is 17.5. The number of hydrogen-bond donors (Lipinski definition) is 1. The molecule has 0 saturated heterocycles. The van der Waals surface area contributed by atoms with Crippen molar-refractivity contribution in [3.63, 3.8) is 0 Å². The maximum atomic E-state index is 11.4. The summed E-state index contributed by atoms with van der Waals surface area (Å²) in [5.74, 6) is 3.28. The average Bonchev–Trinajstić information content (AvgIpc) is 2.58. The molecular formula is C21H40O3S. The van der Waals surface area contributed by atoms with E-state index in [2.05, 4.69) is 12.8 Å². The van der Waals surface area contributed by atoms with Gasteiger partial charge in [0.2, 0.25) is 0 Å². The molecule has 25 heavy (non-hydrogen) atoms. The van der Waals surface area contributed by atoms with Crippen molar-refractivity contribution in [2.75, 3.05) is 0 Å². The summed E-state index contributed by atoms with van der Waals surface area (Å²) < 4.78 is 20.7. The first-order valence-corrected chi connectivity index (χ1v) is 11.4. The zero-order valence-corrected chi connectivity index (χ0v) is 17.4.